The molecule has 0 aliphatic heterocycles. The number of hydrogen-bond donors (Lipinski definition) is 0. The van der Waals surface area contributed by atoms with Gasteiger partial charge >= 0.3 is 17.9 Å². The minimum atomic E-state index is -0.832. The summed E-state index contributed by atoms with van der Waals surface area (Å²) in [6.07, 6.45) is 80.8. The van der Waals surface area contributed by atoms with Gasteiger partial charge in [-0.1, -0.05) is 239 Å². The molecule has 0 amide bonds. The molecule has 0 saturated carbocycles. The molecule has 0 aromatic heterocycles. The predicted molar refractivity (Wildman–Crippen MR) is 306 cm³/mol. The normalized spacial score (nSPS) is 13.0. The summed E-state index contributed by atoms with van der Waals surface area (Å²) in [7, 11) is 0. The lowest BCUT2D eigenvalue weighted by Gasteiger charge is -2.18. The first-order valence-corrected chi connectivity index (χ1v) is 29.0. The van der Waals surface area contributed by atoms with Crippen molar-refractivity contribution in [3.63, 3.8) is 0 Å². The lowest BCUT2D eigenvalue weighted by Crippen LogP contribution is -2.30. The van der Waals surface area contributed by atoms with E-state index in [1.54, 1.807) is 0 Å². The molecule has 0 fully saturated rings. The highest BCUT2D eigenvalue weighted by Gasteiger charge is 2.19. The summed E-state index contributed by atoms with van der Waals surface area (Å²) in [6, 6.07) is 0. The number of allylic oxidation sites excluding steroid dienone is 20. The highest BCUT2D eigenvalue weighted by molar-refractivity contribution is 5.71. The van der Waals surface area contributed by atoms with Crippen molar-refractivity contribution in [3.8, 4) is 0 Å². The van der Waals surface area contributed by atoms with Gasteiger partial charge in [0.05, 0.1) is 0 Å². The molecular weight excluding hydrogens is 877 g/mol. The van der Waals surface area contributed by atoms with Crippen molar-refractivity contribution < 1.29 is 28.6 Å². The Morgan fingerprint density at radius 2 is 0.577 bits per heavy atom. The van der Waals surface area contributed by atoms with E-state index in [9.17, 15) is 14.4 Å². The predicted octanol–water partition coefficient (Wildman–Crippen LogP) is 19.6. The molecule has 0 heterocycles. The summed E-state index contributed by atoms with van der Waals surface area (Å²) in [5.74, 6) is -1.05. The standard InChI is InChI=1S/C65H106O6/c1-4-7-10-13-16-19-22-25-27-28-29-30-31-32-33-34-35-36-38-40-43-46-49-52-55-58-64(67)70-61-62(60-69-63(66)57-54-51-48-45-42-39-24-21-18-15-12-9-6-3)71-65(68)59-56-53-50-47-44-41-37-26-23-20-17-14-11-8-5-2/h8-9,11-12,17-18,20-22,25-26,28-29,37,39,42,44,47-48,51,62H,4-7,10,13-16,19,23-24,27,30-36,38,40-41,43,45-46,49-50,52-61H2,1-3H3/b11-8-,12-9-,20-17-,21-18-,25-22-,29-28-,37-26-,42-39-,47-44-,51-48-. The zero-order valence-corrected chi connectivity index (χ0v) is 45.9. The Kier molecular flexibility index (Phi) is 54.9. The third-order valence-corrected chi connectivity index (χ3v) is 11.9. The Labute approximate surface area is 437 Å². The van der Waals surface area contributed by atoms with Crippen molar-refractivity contribution in [2.45, 2.75) is 258 Å². The van der Waals surface area contributed by atoms with E-state index in [1.165, 1.54) is 109 Å². The van der Waals surface area contributed by atoms with E-state index in [4.69, 9.17) is 14.2 Å². The maximum absolute atomic E-state index is 12.8. The number of esters is 3. The van der Waals surface area contributed by atoms with Gasteiger partial charge in [0.2, 0.25) is 0 Å². The molecular formula is C65H106O6. The second kappa shape index (κ2) is 58.4. The zero-order chi connectivity index (χ0) is 51.4. The molecule has 1 atom stereocenters. The highest BCUT2D eigenvalue weighted by Crippen LogP contribution is 2.15. The van der Waals surface area contributed by atoms with E-state index in [0.717, 1.165) is 89.9 Å². The van der Waals surface area contributed by atoms with E-state index in [0.29, 0.717) is 19.3 Å². The third kappa shape index (κ3) is 56.6. The van der Waals surface area contributed by atoms with Crippen LogP contribution in [0.2, 0.25) is 0 Å². The molecule has 0 aromatic carbocycles. The second-order valence-corrected chi connectivity index (χ2v) is 18.8. The van der Waals surface area contributed by atoms with Crippen LogP contribution in [0.25, 0.3) is 0 Å². The van der Waals surface area contributed by atoms with Gasteiger partial charge in [-0.25, -0.2) is 0 Å². The number of hydrogen-bond acceptors (Lipinski definition) is 6. The smallest absolute Gasteiger partial charge is 0.306 e. The van der Waals surface area contributed by atoms with E-state index < -0.39 is 6.10 Å². The van der Waals surface area contributed by atoms with E-state index in [1.807, 2.05) is 12.2 Å². The molecule has 71 heavy (non-hydrogen) atoms. The Morgan fingerprint density at radius 3 is 0.972 bits per heavy atom. The number of carbonyl (C=O) groups excluding carboxylic acids is 3. The summed E-state index contributed by atoms with van der Waals surface area (Å²) >= 11 is 0. The van der Waals surface area contributed by atoms with Crippen LogP contribution in [-0.4, -0.2) is 37.2 Å². The van der Waals surface area contributed by atoms with E-state index in [-0.39, 0.29) is 44.0 Å². The molecule has 0 aromatic rings. The molecule has 0 saturated heterocycles. The zero-order valence-electron chi connectivity index (χ0n) is 45.9. The SMILES string of the molecule is CC/C=C\C/C=C\C/C=C\C/C=C\CCCCC(=O)OC(COC(=O)CC/C=C\C/C=C\C/C=C\C/C=C\CC)COC(=O)CCCCCCCCCCCCCCC/C=C\C/C=C\CCCCCCC. The molecule has 0 N–H and O–H groups in total. The lowest BCUT2D eigenvalue weighted by molar-refractivity contribution is -0.166. The maximum Gasteiger partial charge on any atom is 0.306 e. The second-order valence-electron chi connectivity index (χ2n) is 18.8. The van der Waals surface area contributed by atoms with Crippen LogP contribution in [0.4, 0.5) is 0 Å². The number of ether oxygens (including phenoxy) is 3. The van der Waals surface area contributed by atoms with Crippen molar-refractivity contribution in [1.29, 1.82) is 0 Å². The van der Waals surface area contributed by atoms with Gasteiger partial charge in [0, 0.05) is 19.3 Å². The van der Waals surface area contributed by atoms with Gasteiger partial charge in [-0.05, 0) is 116 Å². The van der Waals surface area contributed by atoms with Gasteiger partial charge in [-0.15, -0.1) is 0 Å². The van der Waals surface area contributed by atoms with Crippen LogP contribution in [0.1, 0.15) is 252 Å². The molecule has 1 unspecified atom stereocenters. The van der Waals surface area contributed by atoms with Crippen molar-refractivity contribution in [2.24, 2.45) is 0 Å². The monoisotopic (exact) mass is 983 g/mol. The Morgan fingerprint density at radius 1 is 0.296 bits per heavy atom. The molecule has 6 nitrogen and oxygen atoms in total. The number of unbranched alkanes of at least 4 members (excludes halogenated alkanes) is 20. The van der Waals surface area contributed by atoms with Crippen molar-refractivity contribution in [1.82, 2.24) is 0 Å². The number of carbonyl (C=O) groups is 3. The molecule has 0 bridgehead atoms. The lowest BCUT2D eigenvalue weighted by atomic mass is 10.0. The summed E-state index contributed by atoms with van der Waals surface area (Å²) in [5.41, 5.74) is 0. The van der Waals surface area contributed by atoms with Crippen molar-refractivity contribution >= 4 is 17.9 Å². The van der Waals surface area contributed by atoms with Gasteiger partial charge in [-0.2, -0.15) is 0 Å². The van der Waals surface area contributed by atoms with Crippen LogP contribution in [-0.2, 0) is 28.6 Å². The minimum Gasteiger partial charge on any atom is -0.462 e. The topological polar surface area (TPSA) is 78.9 Å². The van der Waals surface area contributed by atoms with Gasteiger partial charge in [0.15, 0.2) is 6.10 Å². The summed E-state index contributed by atoms with van der Waals surface area (Å²) in [5, 5.41) is 0. The minimum absolute atomic E-state index is 0.120. The van der Waals surface area contributed by atoms with Crippen LogP contribution in [0.15, 0.2) is 122 Å². The summed E-state index contributed by atoms with van der Waals surface area (Å²) < 4.78 is 16.7. The first-order valence-electron chi connectivity index (χ1n) is 29.0. The Hall–Kier alpha value is -4.19. The van der Waals surface area contributed by atoms with Crippen molar-refractivity contribution in [3.05, 3.63) is 122 Å². The molecule has 0 radical (unpaired) electrons. The van der Waals surface area contributed by atoms with Gasteiger partial charge in [-0.3, -0.25) is 14.4 Å². The Balaban J connectivity index is 4.39. The largest absolute Gasteiger partial charge is 0.462 e. The summed E-state index contributed by atoms with van der Waals surface area (Å²) in [6.45, 7) is 6.30. The van der Waals surface area contributed by atoms with E-state index >= 15 is 0 Å². The fraction of sp³-hybridized carbons (Fsp3) is 0.646. The molecule has 0 aliphatic carbocycles. The quantitative estimate of drug-likeness (QED) is 0.0261. The molecule has 0 spiro atoms. The van der Waals surface area contributed by atoms with Crippen LogP contribution < -0.4 is 0 Å². The first kappa shape index (κ1) is 66.8. The molecule has 6 heteroatoms. The van der Waals surface area contributed by atoms with Crippen LogP contribution >= 0.6 is 0 Å². The van der Waals surface area contributed by atoms with Crippen LogP contribution in [0, 0.1) is 0 Å². The van der Waals surface area contributed by atoms with Crippen molar-refractivity contribution in [2.75, 3.05) is 13.2 Å². The van der Waals surface area contributed by atoms with Gasteiger partial charge in [0.1, 0.15) is 13.2 Å². The molecule has 0 aliphatic rings. The average Bonchev–Trinajstić information content (AvgIpc) is 3.37. The maximum atomic E-state index is 12.8. The highest BCUT2D eigenvalue weighted by atomic mass is 16.6. The van der Waals surface area contributed by atoms with Crippen LogP contribution in [0.5, 0.6) is 0 Å². The average molecular weight is 984 g/mol. The van der Waals surface area contributed by atoms with Gasteiger partial charge in [0.25, 0.3) is 0 Å². The molecule has 402 valence electrons. The fourth-order valence-electron chi connectivity index (χ4n) is 7.65. The first-order chi connectivity index (χ1) is 35.0. The Bertz CT molecular complexity index is 1500. The summed E-state index contributed by atoms with van der Waals surface area (Å²) in [4.78, 5) is 38.1. The third-order valence-electron chi connectivity index (χ3n) is 11.9. The number of rotatable bonds is 51. The van der Waals surface area contributed by atoms with Crippen LogP contribution in [0.3, 0.4) is 0 Å². The fourth-order valence-corrected chi connectivity index (χ4v) is 7.65. The molecule has 0 rings (SSSR count). The van der Waals surface area contributed by atoms with E-state index in [2.05, 4.69) is 130 Å². The van der Waals surface area contributed by atoms with Gasteiger partial charge < -0.3 is 14.2 Å².